The second kappa shape index (κ2) is 7.11. The molecule has 1 aliphatic heterocycles. The number of carbonyl (C=O) groups excluding carboxylic acids is 1. The Balaban J connectivity index is 1.52. The average Bonchev–Trinajstić information content (AvgIpc) is 2.55. The molecule has 0 radical (unpaired) electrons. The molecule has 1 atom stereocenters. The van der Waals surface area contributed by atoms with Gasteiger partial charge in [0.05, 0.1) is 13.0 Å². The summed E-state index contributed by atoms with van der Waals surface area (Å²) in [5.74, 6) is 1.29. The van der Waals surface area contributed by atoms with Crippen LogP contribution in [0.25, 0.3) is 0 Å². The number of rotatable bonds is 4. The van der Waals surface area contributed by atoms with Gasteiger partial charge < -0.3 is 14.8 Å². The van der Waals surface area contributed by atoms with Crippen molar-refractivity contribution >= 4 is 29.1 Å². The molecule has 0 aliphatic carbocycles. The van der Waals surface area contributed by atoms with Gasteiger partial charge in [0.25, 0.3) is 0 Å². The highest BCUT2D eigenvalue weighted by Crippen LogP contribution is 2.30. The molecule has 0 fully saturated rings. The summed E-state index contributed by atoms with van der Waals surface area (Å²) in [6.45, 7) is 0.775. The fourth-order valence-electron chi connectivity index (χ4n) is 2.29. The normalized spacial score (nSPS) is 16.0. The molecule has 2 aromatic rings. The van der Waals surface area contributed by atoms with Crippen molar-refractivity contribution in [3.63, 3.8) is 0 Å². The molecule has 3 rings (SSSR count). The molecule has 0 saturated carbocycles. The van der Waals surface area contributed by atoms with Crippen molar-refractivity contribution in [2.24, 2.45) is 0 Å². The summed E-state index contributed by atoms with van der Waals surface area (Å²) in [4.78, 5) is 12.0. The van der Waals surface area contributed by atoms with Crippen molar-refractivity contribution in [2.75, 3.05) is 13.2 Å². The number of ether oxygens (including phenoxy) is 2. The molecule has 1 heterocycles. The SMILES string of the molecule is O=C(Cc1ccc(Cl)cc1Cl)NCC1COc2ccccc2O1. The fourth-order valence-corrected chi connectivity index (χ4v) is 2.77. The van der Waals surface area contributed by atoms with Gasteiger partial charge in [0.1, 0.15) is 12.7 Å². The molecule has 1 aliphatic rings. The Kier molecular flexibility index (Phi) is 4.94. The highest BCUT2D eigenvalue weighted by molar-refractivity contribution is 6.35. The van der Waals surface area contributed by atoms with Crippen molar-refractivity contribution in [1.29, 1.82) is 0 Å². The largest absolute Gasteiger partial charge is 0.486 e. The fraction of sp³-hybridized carbons (Fsp3) is 0.235. The zero-order chi connectivity index (χ0) is 16.2. The van der Waals surface area contributed by atoms with Gasteiger partial charge in [-0.05, 0) is 29.8 Å². The third-order valence-corrected chi connectivity index (χ3v) is 4.05. The van der Waals surface area contributed by atoms with E-state index < -0.39 is 0 Å². The Morgan fingerprint density at radius 1 is 1.17 bits per heavy atom. The molecule has 0 aromatic heterocycles. The van der Waals surface area contributed by atoms with Crippen LogP contribution in [0.3, 0.4) is 0 Å². The summed E-state index contributed by atoms with van der Waals surface area (Å²) in [6.07, 6.45) is -0.0188. The van der Waals surface area contributed by atoms with Crippen LogP contribution in [-0.4, -0.2) is 25.2 Å². The molecule has 23 heavy (non-hydrogen) atoms. The first kappa shape index (κ1) is 16.0. The first-order valence-electron chi connectivity index (χ1n) is 7.21. The van der Waals surface area contributed by atoms with Crippen LogP contribution in [0.5, 0.6) is 11.5 Å². The molecule has 1 unspecified atom stereocenters. The number of fused-ring (bicyclic) bond motifs is 1. The predicted octanol–water partition coefficient (Wildman–Crippen LogP) is 3.49. The standard InChI is InChI=1S/C17H15Cl2NO3/c18-12-6-5-11(14(19)8-12)7-17(21)20-9-13-10-22-15-3-1-2-4-16(15)23-13/h1-6,8,13H,7,9-10H2,(H,20,21). The van der Waals surface area contributed by atoms with E-state index in [0.717, 1.165) is 11.3 Å². The van der Waals surface area contributed by atoms with E-state index in [1.807, 2.05) is 24.3 Å². The monoisotopic (exact) mass is 351 g/mol. The molecule has 2 aromatic carbocycles. The molecule has 0 bridgehead atoms. The summed E-state index contributed by atoms with van der Waals surface area (Å²) in [6, 6.07) is 12.6. The van der Waals surface area contributed by atoms with Crippen LogP contribution < -0.4 is 14.8 Å². The maximum absolute atomic E-state index is 12.0. The highest BCUT2D eigenvalue weighted by atomic mass is 35.5. The van der Waals surface area contributed by atoms with Crippen LogP contribution in [0.15, 0.2) is 42.5 Å². The number of carbonyl (C=O) groups is 1. The summed E-state index contributed by atoms with van der Waals surface area (Å²) in [5.41, 5.74) is 0.736. The lowest BCUT2D eigenvalue weighted by Gasteiger charge is -2.26. The summed E-state index contributed by atoms with van der Waals surface area (Å²) in [7, 11) is 0. The minimum absolute atomic E-state index is 0.128. The smallest absolute Gasteiger partial charge is 0.224 e. The van der Waals surface area contributed by atoms with Crippen molar-refractivity contribution in [3.8, 4) is 11.5 Å². The molecule has 1 N–H and O–H groups in total. The molecule has 1 amide bonds. The minimum atomic E-state index is -0.213. The van der Waals surface area contributed by atoms with Crippen LogP contribution in [0.1, 0.15) is 5.56 Å². The molecular formula is C17H15Cl2NO3. The maximum Gasteiger partial charge on any atom is 0.224 e. The van der Waals surface area contributed by atoms with E-state index in [2.05, 4.69) is 5.32 Å². The lowest BCUT2D eigenvalue weighted by atomic mass is 10.1. The predicted molar refractivity (Wildman–Crippen MR) is 89.5 cm³/mol. The Morgan fingerprint density at radius 2 is 1.96 bits per heavy atom. The number of nitrogens with one attached hydrogen (secondary N) is 1. The van der Waals surface area contributed by atoms with Gasteiger partial charge in [-0.1, -0.05) is 41.4 Å². The van der Waals surface area contributed by atoms with Crippen molar-refractivity contribution in [2.45, 2.75) is 12.5 Å². The second-order valence-corrected chi connectivity index (χ2v) is 6.06. The number of hydrogen-bond donors (Lipinski definition) is 1. The van der Waals surface area contributed by atoms with E-state index in [1.165, 1.54) is 0 Å². The van der Waals surface area contributed by atoms with Gasteiger partial charge >= 0.3 is 0 Å². The zero-order valence-corrected chi connectivity index (χ0v) is 13.7. The first-order chi connectivity index (χ1) is 11.1. The van der Waals surface area contributed by atoms with E-state index in [-0.39, 0.29) is 18.4 Å². The Bertz CT molecular complexity index is 721. The highest BCUT2D eigenvalue weighted by Gasteiger charge is 2.21. The Morgan fingerprint density at radius 3 is 2.74 bits per heavy atom. The Labute approximate surface area is 144 Å². The second-order valence-electron chi connectivity index (χ2n) is 5.21. The molecule has 0 spiro atoms. The third kappa shape index (κ3) is 4.09. The van der Waals surface area contributed by atoms with Crippen LogP contribution in [0.2, 0.25) is 10.0 Å². The Hall–Kier alpha value is -1.91. The third-order valence-electron chi connectivity index (χ3n) is 3.46. The van der Waals surface area contributed by atoms with E-state index in [4.69, 9.17) is 32.7 Å². The first-order valence-corrected chi connectivity index (χ1v) is 7.96. The lowest BCUT2D eigenvalue weighted by molar-refractivity contribution is -0.120. The van der Waals surface area contributed by atoms with Crippen molar-refractivity contribution < 1.29 is 14.3 Å². The zero-order valence-electron chi connectivity index (χ0n) is 12.2. The number of hydrogen-bond acceptors (Lipinski definition) is 3. The van der Waals surface area contributed by atoms with E-state index in [9.17, 15) is 4.79 Å². The van der Waals surface area contributed by atoms with Crippen LogP contribution >= 0.6 is 23.2 Å². The van der Waals surface area contributed by atoms with Gasteiger partial charge in [0.15, 0.2) is 11.5 Å². The van der Waals surface area contributed by atoms with Gasteiger partial charge in [-0.15, -0.1) is 0 Å². The van der Waals surface area contributed by atoms with Gasteiger partial charge in [-0.3, -0.25) is 4.79 Å². The summed E-state index contributed by atoms with van der Waals surface area (Å²) < 4.78 is 11.4. The van der Waals surface area contributed by atoms with E-state index >= 15 is 0 Å². The van der Waals surface area contributed by atoms with Crippen molar-refractivity contribution in [1.82, 2.24) is 5.32 Å². The molecule has 4 nitrogen and oxygen atoms in total. The van der Waals surface area contributed by atoms with Crippen LogP contribution in [0, 0.1) is 0 Å². The number of amides is 1. The molecule has 6 heteroatoms. The number of halogens is 2. The number of benzene rings is 2. The van der Waals surface area contributed by atoms with Gasteiger partial charge in [0, 0.05) is 10.0 Å². The topological polar surface area (TPSA) is 47.6 Å². The quantitative estimate of drug-likeness (QED) is 0.916. The van der Waals surface area contributed by atoms with Gasteiger partial charge in [0.2, 0.25) is 5.91 Å². The minimum Gasteiger partial charge on any atom is -0.486 e. The van der Waals surface area contributed by atoms with E-state index in [1.54, 1.807) is 18.2 Å². The van der Waals surface area contributed by atoms with Crippen LogP contribution in [0.4, 0.5) is 0 Å². The van der Waals surface area contributed by atoms with Gasteiger partial charge in [-0.2, -0.15) is 0 Å². The number of para-hydroxylation sites is 2. The maximum atomic E-state index is 12.0. The molecule has 120 valence electrons. The summed E-state index contributed by atoms with van der Waals surface area (Å²) >= 11 is 11.9. The van der Waals surface area contributed by atoms with Gasteiger partial charge in [-0.25, -0.2) is 0 Å². The molecule has 0 saturated heterocycles. The molecular weight excluding hydrogens is 337 g/mol. The average molecular weight is 352 g/mol. The van der Waals surface area contributed by atoms with E-state index in [0.29, 0.717) is 28.9 Å². The van der Waals surface area contributed by atoms with Crippen LogP contribution in [-0.2, 0) is 11.2 Å². The van der Waals surface area contributed by atoms with Crippen molar-refractivity contribution in [3.05, 3.63) is 58.1 Å². The summed E-state index contributed by atoms with van der Waals surface area (Å²) in [5, 5.41) is 3.87. The lowest BCUT2D eigenvalue weighted by Crippen LogP contribution is -2.41.